The molecule has 0 fully saturated rings. The van der Waals surface area contributed by atoms with Gasteiger partial charge in [-0.05, 0) is 50.1 Å². The molecule has 112 valence electrons. The third-order valence-corrected chi connectivity index (χ3v) is 4.37. The Morgan fingerprint density at radius 2 is 1.76 bits per heavy atom. The lowest BCUT2D eigenvalue weighted by Gasteiger charge is -2.22. The van der Waals surface area contributed by atoms with Gasteiger partial charge in [-0.2, -0.15) is 0 Å². The summed E-state index contributed by atoms with van der Waals surface area (Å²) >= 11 is 9.72. The molecule has 0 aromatic heterocycles. The normalized spacial score (nSPS) is 12.4. The van der Waals surface area contributed by atoms with Crippen molar-refractivity contribution in [3.05, 3.63) is 68.1 Å². The first kappa shape index (κ1) is 16.5. The van der Waals surface area contributed by atoms with Gasteiger partial charge in [0.15, 0.2) is 0 Å². The Balaban J connectivity index is 2.46. The molecule has 1 N–H and O–H groups in total. The van der Waals surface area contributed by atoms with Crippen LogP contribution in [-0.4, -0.2) is 6.54 Å². The Morgan fingerprint density at radius 1 is 1.10 bits per heavy atom. The zero-order valence-electron chi connectivity index (χ0n) is 12.7. The zero-order valence-corrected chi connectivity index (χ0v) is 15.1. The molecule has 2 rings (SSSR count). The Hall–Kier alpha value is -0.830. The highest BCUT2D eigenvalue weighted by Gasteiger charge is 2.17. The molecule has 0 aliphatic heterocycles. The summed E-state index contributed by atoms with van der Waals surface area (Å²) < 4.78 is 1.04. The van der Waals surface area contributed by atoms with Crippen molar-refractivity contribution < 1.29 is 0 Å². The summed E-state index contributed by atoms with van der Waals surface area (Å²) in [6.45, 7) is 7.45. The summed E-state index contributed by atoms with van der Waals surface area (Å²) in [5.41, 5.74) is 5.10. The fourth-order valence-electron chi connectivity index (χ4n) is 2.61. The topological polar surface area (TPSA) is 12.0 Å². The maximum absolute atomic E-state index is 6.07. The molecule has 1 nitrogen and oxygen atoms in total. The second-order valence-electron chi connectivity index (χ2n) is 5.47. The first-order chi connectivity index (χ1) is 10.0. The fraction of sp³-hybridized carbons (Fsp3) is 0.333. The van der Waals surface area contributed by atoms with E-state index < -0.39 is 0 Å². The zero-order chi connectivity index (χ0) is 15.4. The molecular formula is C18H21BrClN. The summed E-state index contributed by atoms with van der Waals surface area (Å²) in [4.78, 5) is 0. The van der Waals surface area contributed by atoms with Crippen LogP contribution in [0.15, 0.2) is 40.9 Å². The minimum atomic E-state index is 0.176. The van der Waals surface area contributed by atoms with E-state index in [0.29, 0.717) is 0 Å². The molecule has 21 heavy (non-hydrogen) atoms. The van der Waals surface area contributed by atoms with Gasteiger partial charge in [0.05, 0.1) is 6.04 Å². The second-order valence-corrected chi connectivity index (χ2v) is 6.76. The molecule has 1 unspecified atom stereocenters. The molecule has 2 aromatic carbocycles. The van der Waals surface area contributed by atoms with E-state index in [1.807, 2.05) is 12.1 Å². The molecule has 0 heterocycles. The van der Waals surface area contributed by atoms with Crippen molar-refractivity contribution in [3.8, 4) is 0 Å². The van der Waals surface area contributed by atoms with Gasteiger partial charge in [-0.15, -0.1) is 0 Å². The maximum Gasteiger partial charge on any atom is 0.0588 e. The van der Waals surface area contributed by atoms with E-state index in [4.69, 9.17) is 11.6 Å². The standard InChI is InChI=1S/C18H21BrClN/c1-4-7-21-18(14-9-12(2)8-13(3)10-14)16-6-5-15(20)11-17(16)19/h5-6,8-11,18,21H,4,7H2,1-3H3. The summed E-state index contributed by atoms with van der Waals surface area (Å²) in [6, 6.07) is 12.9. The number of aryl methyl sites for hydroxylation is 2. The van der Waals surface area contributed by atoms with Crippen LogP contribution in [0.5, 0.6) is 0 Å². The Labute approximate surface area is 140 Å². The number of hydrogen-bond acceptors (Lipinski definition) is 1. The van der Waals surface area contributed by atoms with Gasteiger partial charge in [0.25, 0.3) is 0 Å². The SMILES string of the molecule is CCCNC(c1cc(C)cc(C)c1)c1ccc(Cl)cc1Br. The highest BCUT2D eigenvalue weighted by Crippen LogP contribution is 2.31. The van der Waals surface area contributed by atoms with E-state index in [0.717, 1.165) is 22.5 Å². The molecule has 0 bridgehead atoms. The largest absolute Gasteiger partial charge is 0.306 e. The van der Waals surface area contributed by atoms with E-state index in [1.165, 1.54) is 22.3 Å². The van der Waals surface area contributed by atoms with Gasteiger partial charge in [0.1, 0.15) is 0 Å². The molecule has 0 spiro atoms. The Kier molecular flexibility index (Phi) is 5.86. The monoisotopic (exact) mass is 365 g/mol. The highest BCUT2D eigenvalue weighted by atomic mass is 79.9. The van der Waals surface area contributed by atoms with Crippen LogP contribution in [0, 0.1) is 13.8 Å². The number of hydrogen-bond donors (Lipinski definition) is 1. The van der Waals surface area contributed by atoms with Crippen molar-refractivity contribution in [2.75, 3.05) is 6.54 Å². The van der Waals surface area contributed by atoms with E-state index in [1.54, 1.807) is 0 Å². The molecule has 2 aromatic rings. The van der Waals surface area contributed by atoms with Crippen LogP contribution in [0.25, 0.3) is 0 Å². The average Bonchev–Trinajstić information content (AvgIpc) is 2.40. The van der Waals surface area contributed by atoms with Crippen molar-refractivity contribution in [2.24, 2.45) is 0 Å². The molecular weight excluding hydrogens is 346 g/mol. The maximum atomic E-state index is 6.07. The van der Waals surface area contributed by atoms with Gasteiger partial charge >= 0.3 is 0 Å². The summed E-state index contributed by atoms with van der Waals surface area (Å²) in [6.07, 6.45) is 1.10. The van der Waals surface area contributed by atoms with Gasteiger partial charge in [0, 0.05) is 9.50 Å². The van der Waals surface area contributed by atoms with Crippen LogP contribution < -0.4 is 5.32 Å². The summed E-state index contributed by atoms with van der Waals surface area (Å²) in [5.74, 6) is 0. The lowest BCUT2D eigenvalue weighted by molar-refractivity contribution is 0.596. The average molecular weight is 367 g/mol. The van der Waals surface area contributed by atoms with Crippen LogP contribution in [0.3, 0.4) is 0 Å². The minimum absolute atomic E-state index is 0.176. The molecule has 0 aliphatic rings. The van der Waals surface area contributed by atoms with Crippen LogP contribution in [0.1, 0.15) is 41.6 Å². The molecule has 0 aliphatic carbocycles. The van der Waals surface area contributed by atoms with Crippen molar-refractivity contribution in [2.45, 2.75) is 33.2 Å². The summed E-state index contributed by atoms with van der Waals surface area (Å²) in [5, 5.41) is 4.39. The Bertz CT molecular complexity index is 604. The fourth-order valence-corrected chi connectivity index (χ4v) is 3.52. The number of nitrogens with one attached hydrogen (secondary N) is 1. The molecule has 0 radical (unpaired) electrons. The predicted octanol–water partition coefficient (Wildman–Crippen LogP) is 5.81. The third kappa shape index (κ3) is 4.32. The number of benzene rings is 2. The molecule has 3 heteroatoms. The van der Waals surface area contributed by atoms with E-state index in [-0.39, 0.29) is 6.04 Å². The van der Waals surface area contributed by atoms with Crippen LogP contribution in [0.2, 0.25) is 5.02 Å². The van der Waals surface area contributed by atoms with Gasteiger partial charge < -0.3 is 5.32 Å². The number of halogens is 2. The Morgan fingerprint density at radius 3 is 2.33 bits per heavy atom. The molecule has 0 saturated carbocycles. The summed E-state index contributed by atoms with van der Waals surface area (Å²) in [7, 11) is 0. The van der Waals surface area contributed by atoms with Crippen molar-refractivity contribution in [1.82, 2.24) is 5.32 Å². The minimum Gasteiger partial charge on any atom is -0.306 e. The molecule has 0 amide bonds. The van der Waals surface area contributed by atoms with E-state index in [2.05, 4.69) is 66.3 Å². The van der Waals surface area contributed by atoms with E-state index >= 15 is 0 Å². The van der Waals surface area contributed by atoms with Crippen LogP contribution in [-0.2, 0) is 0 Å². The van der Waals surface area contributed by atoms with Crippen molar-refractivity contribution in [1.29, 1.82) is 0 Å². The highest BCUT2D eigenvalue weighted by molar-refractivity contribution is 9.10. The lowest BCUT2D eigenvalue weighted by atomic mass is 9.95. The molecule has 1 atom stereocenters. The van der Waals surface area contributed by atoms with Gasteiger partial charge in [-0.3, -0.25) is 0 Å². The first-order valence-corrected chi connectivity index (χ1v) is 8.45. The lowest BCUT2D eigenvalue weighted by Crippen LogP contribution is -2.23. The van der Waals surface area contributed by atoms with Crippen molar-refractivity contribution in [3.63, 3.8) is 0 Å². The van der Waals surface area contributed by atoms with Gasteiger partial charge in [-0.1, -0.05) is 69.8 Å². The van der Waals surface area contributed by atoms with Crippen LogP contribution >= 0.6 is 27.5 Å². The first-order valence-electron chi connectivity index (χ1n) is 7.27. The molecule has 0 saturated heterocycles. The van der Waals surface area contributed by atoms with Gasteiger partial charge in [0.2, 0.25) is 0 Å². The van der Waals surface area contributed by atoms with Crippen LogP contribution in [0.4, 0.5) is 0 Å². The number of rotatable bonds is 5. The van der Waals surface area contributed by atoms with Gasteiger partial charge in [-0.25, -0.2) is 0 Å². The second kappa shape index (κ2) is 7.44. The predicted molar refractivity (Wildman–Crippen MR) is 95.2 cm³/mol. The van der Waals surface area contributed by atoms with E-state index in [9.17, 15) is 0 Å². The van der Waals surface area contributed by atoms with Crippen molar-refractivity contribution >= 4 is 27.5 Å². The smallest absolute Gasteiger partial charge is 0.0588 e. The quantitative estimate of drug-likeness (QED) is 0.704. The third-order valence-electron chi connectivity index (χ3n) is 3.45.